The molecule has 0 heteroatoms. The molecule has 0 bridgehead atoms. The van der Waals surface area contributed by atoms with Crippen molar-refractivity contribution in [2.75, 3.05) is 0 Å². The molecule has 0 N–H and O–H groups in total. The normalized spacial score (nSPS) is 50.3. The topological polar surface area (TPSA) is 0 Å². The molecular formula is C38H72. The Bertz CT molecular complexity index is 820. The quantitative estimate of drug-likeness (QED) is 0.297. The van der Waals surface area contributed by atoms with Crippen molar-refractivity contribution in [3.05, 3.63) is 12.7 Å². The summed E-state index contributed by atoms with van der Waals surface area (Å²) >= 11 is 0. The fraction of sp³-hybridized carbons (Fsp3) is 0.947. The Morgan fingerprint density at radius 1 is 0.658 bits per heavy atom. The first kappa shape index (κ1) is 33.9. The van der Waals surface area contributed by atoms with Crippen molar-refractivity contribution in [1.82, 2.24) is 0 Å². The number of allylic oxidation sites excluding steroid dienone is 1. The van der Waals surface area contributed by atoms with Crippen LogP contribution in [0.3, 0.4) is 0 Å². The predicted molar refractivity (Wildman–Crippen MR) is 172 cm³/mol. The molecule has 6 unspecified atom stereocenters. The minimum atomic E-state index is 0. The van der Waals surface area contributed by atoms with E-state index >= 15 is 0 Å². The second-order valence-corrected chi connectivity index (χ2v) is 16.4. The van der Waals surface area contributed by atoms with Crippen molar-refractivity contribution >= 4 is 0 Å². The molecule has 0 radical (unpaired) electrons. The van der Waals surface area contributed by atoms with Gasteiger partial charge in [0, 0.05) is 0 Å². The molecule has 0 nitrogen and oxygen atoms in total. The smallest absolute Gasteiger partial charge is 0.0215 e. The molecular weight excluding hydrogens is 456 g/mol. The van der Waals surface area contributed by atoms with E-state index in [0.717, 1.165) is 23.7 Å². The van der Waals surface area contributed by atoms with E-state index in [1.165, 1.54) is 70.6 Å². The standard InChI is InChI=1S/C32H56.C3H6.C2H6.CH4/c1-22(2)32-16-11-15-30(32,9)25-13-12-24-27(6,28(25,7)19-21-32)18-20-31(10)26(4,5)23(3)14-17-29(24,31)8;1-3-2;1-2;/h22-25H,11-21H2,1-10H3;3H,1H2,2H3;1-2H3;1H4/t23?,24?,25?,27?,28-,29?,30-,31+,32?;;;/m1.../s1. The zero-order valence-electron chi connectivity index (χ0n) is 27.9. The molecule has 0 aromatic heterocycles. The van der Waals surface area contributed by atoms with Gasteiger partial charge < -0.3 is 0 Å². The summed E-state index contributed by atoms with van der Waals surface area (Å²) in [6, 6.07) is 0. The lowest BCUT2D eigenvalue weighted by Crippen LogP contribution is -2.70. The highest BCUT2D eigenvalue weighted by Crippen LogP contribution is 2.82. The first-order valence-corrected chi connectivity index (χ1v) is 16.6. The van der Waals surface area contributed by atoms with Crippen LogP contribution < -0.4 is 0 Å². The number of hydrogen-bond donors (Lipinski definition) is 0. The fourth-order valence-electron chi connectivity index (χ4n) is 12.8. The van der Waals surface area contributed by atoms with Gasteiger partial charge >= 0.3 is 0 Å². The number of fused-ring (bicyclic) bond motifs is 7. The van der Waals surface area contributed by atoms with Crippen molar-refractivity contribution in [2.24, 2.45) is 61.6 Å². The Kier molecular flexibility index (Phi) is 9.70. The molecule has 0 saturated heterocycles. The average molecular weight is 529 g/mol. The number of hydrogen-bond acceptors (Lipinski definition) is 0. The minimum absolute atomic E-state index is 0. The summed E-state index contributed by atoms with van der Waals surface area (Å²) < 4.78 is 0. The molecule has 0 aromatic carbocycles. The summed E-state index contributed by atoms with van der Waals surface area (Å²) in [4.78, 5) is 0. The summed E-state index contributed by atoms with van der Waals surface area (Å²) in [5.74, 6) is 3.56. The fourth-order valence-corrected chi connectivity index (χ4v) is 12.8. The minimum Gasteiger partial charge on any atom is -0.103 e. The van der Waals surface area contributed by atoms with Gasteiger partial charge in [0.1, 0.15) is 0 Å². The second kappa shape index (κ2) is 10.9. The van der Waals surface area contributed by atoms with Crippen LogP contribution in [0.15, 0.2) is 12.7 Å². The van der Waals surface area contributed by atoms with Gasteiger partial charge in [-0.25, -0.2) is 0 Å². The Morgan fingerprint density at radius 2 is 1.13 bits per heavy atom. The second-order valence-electron chi connectivity index (χ2n) is 16.4. The van der Waals surface area contributed by atoms with Crippen LogP contribution in [0.1, 0.15) is 168 Å². The highest BCUT2D eigenvalue weighted by Gasteiger charge is 2.74. The summed E-state index contributed by atoms with van der Waals surface area (Å²) in [6.45, 7) is 36.2. The Labute approximate surface area is 242 Å². The average Bonchev–Trinajstić information content (AvgIpc) is 3.20. The van der Waals surface area contributed by atoms with Gasteiger partial charge in [-0.1, -0.05) is 103 Å². The molecule has 0 amide bonds. The third kappa shape index (κ3) is 3.93. The maximum absolute atomic E-state index is 3.36. The van der Waals surface area contributed by atoms with E-state index in [2.05, 4.69) is 75.8 Å². The highest BCUT2D eigenvalue weighted by molar-refractivity contribution is 5.23. The van der Waals surface area contributed by atoms with E-state index in [9.17, 15) is 0 Å². The molecule has 5 fully saturated rings. The van der Waals surface area contributed by atoms with Crippen molar-refractivity contribution in [3.8, 4) is 0 Å². The molecule has 9 atom stereocenters. The van der Waals surface area contributed by atoms with E-state index in [1.807, 2.05) is 20.8 Å². The maximum Gasteiger partial charge on any atom is -0.0215 e. The lowest BCUT2D eigenvalue weighted by atomic mass is 9.27. The van der Waals surface area contributed by atoms with Crippen molar-refractivity contribution < 1.29 is 0 Å². The third-order valence-corrected chi connectivity index (χ3v) is 15.9. The van der Waals surface area contributed by atoms with Crippen LogP contribution in [-0.2, 0) is 0 Å². The molecule has 5 saturated carbocycles. The third-order valence-electron chi connectivity index (χ3n) is 15.9. The Hall–Kier alpha value is -0.260. The lowest BCUT2D eigenvalue weighted by molar-refractivity contribution is -0.285. The molecule has 5 aliphatic rings. The van der Waals surface area contributed by atoms with Gasteiger partial charge in [0.15, 0.2) is 0 Å². The zero-order chi connectivity index (χ0) is 28.3. The van der Waals surface area contributed by atoms with E-state index in [1.54, 1.807) is 6.08 Å². The molecule has 0 heterocycles. The SMILES string of the molecule is C.C=CC.CC.CC1CCC2(C)C3CCC4[C@@](C)(CCC5(C(C)C)CCC[C@]45C)C3(C)CC[C@@]2(C)C1(C)C. The van der Waals surface area contributed by atoms with Crippen LogP contribution in [0.4, 0.5) is 0 Å². The molecule has 5 aliphatic carbocycles. The first-order chi connectivity index (χ1) is 17.1. The van der Waals surface area contributed by atoms with Gasteiger partial charge in [-0.05, 0) is 133 Å². The van der Waals surface area contributed by atoms with Crippen LogP contribution in [0.2, 0.25) is 0 Å². The Morgan fingerprint density at radius 3 is 1.63 bits per heavy atom. The molecule has 38 heavy (non-hydrogen) atoms. The van der Waals surface area contributed by atoms with Crippen LogP contribution >= 0.6 is 0 Å². The van der Waals surface area contributed by atoms with Crippen LogP contribution in [0.25, 0.3) is 0 Å². The van der Waals surface area contributed by atoms with Gasteiger partial charge in [0.05, 0.1) is 0 Å². The number of rotatable bonds is 1. The van der Waals surface area contributed by atoms with Crippen molar-refractivity contribution in [3.63, 3.8) is 0 Å². The Balaban J connectivity index is 0.000000791. The van der Waals surface area contributed by atoms with Crippen LogP contribution in [0.5, 0.6) is 0 Å². The summed E-state index contributed by atoms with van der Waals surface area (Å²) in [7, 11) is 0. The highest BCUT2D eigenvalue weighted by atomic mass is 14.8. The molecule has 0 spiro atoms. The summed E-state index contributed by atoms with van der Waals surface area (Å²) in [5.41, 5.74) is 3.70. The maximum atomic E-state index is 3.36. The molecule has 5 rings (SSSR count). The van der Waals surface area contributed by atoms with Crippen LogP contribution in [-0.4, -0.2) is 0 Å². The van der Waals surface area contributed by atoms with Gasteiger partial charge in [0.2, 0.25) is 0 Å². The van der Waals surface area contributed by atoms with Gasteiger partial charge in [-0.15, -0.1) is 6.58 Å². The summed E-state index contributed by atoms with van der Waals surface area (Å²) in [6.07, 6.45) is 18.2. The molecule has 0 aliphatic heterocycles. The lowest BCUT2D eigenvalue weighted by Gasteiger charge is -2.77. The molecule has 224 valence electrons. The van der Waals surface area contributed by atoms with Gasteiger partial charge in [0.25, 0.3) is 0 Å². The van der Waals surface area contributed by atoms with E-state index in [0.29, 0.717) is 37.9 Å². The van der Waals surface area contributed by atoms with Gasteiger partial charge in [-0.2, -0.15) is 0 Å². The largest absolute Gasteiger partial charge is 0.103 e. The van der Waals surface area contributed by atoms with Crippen molar-refractivity contribution in [1.29, 1.82) is 0 Å². The monoisotopic (exact) mass is 529 g/mol. The predicted octanol–water partition coefficient (Wildman–Crippen LogP) is 12.8. The molecule has 0 aromatic rings. The van der Waals surface area contributed by atoms with Crippen LogP contribution in [0, 0.1) is 61.6 Å². The first-order valence-electron chi connectivity index (χ1n) is 16.6. The van der Waals surface area contributed by atoms with E-state index in [4.69, 9.17) is 0 Å². The van der Waals surface area contributed by atoms with E-state index < -0.39 is 0 Å². The van der Waals surface area contributed by atoms with Gasteiger partial charge in [-0.3, -0.25) is 0 Å². The zero-order valence-corrected chi connectivity index (χ0v) is 27.9. The summed E-state index contributed by atoms with van der Waals surface area (Å²) in [5, 5.41) is 0. The van der Waals surface area contributed by atoms with E-state index in [-0.39, 0.29) is 7.43 Å². The van der Waals surface area contributed by atoms with Crippen molar-refractivity contribution in [2.45, 2.75) is 168 Å².